The normalized spacial score (nSPS) is 17.7. The van der Waals surface area contributed by atoms with Crippen LogP contribution in [-0.2, 0) is 6.54 Å². The van der Waals surface area contributed by atoms with E-state index in [1.807, 2.05) is 7.05 Å². The van der Waals surface area contributed by atoms with Crippen molar-refractivity contribution in [2.24, 2.45) is 4.99 Å². The Kier molecular flexibility index (Phi) is 6.64. The first-order valence-electron chi connectivity index (χ1n) is 8.24. The zero-order chi connectivity index (χ0) is 15.9. The largest absolute Gasteiger partial charge is 0.354 e. The third-order valence-corrected chi connectivity index (χ3v) is 5.18. The number of aromatic nitrogens is 1. The van der Waals surface area contributed by atoms with Crippen LogP contribution in [0.3, 0.4) is 0 Å². The topological polar surface area (TPSA) is 52.5 Å². The molecule has 1 fully saturated rings. The molecule has 2 rings (SSSR count). The predicted molar refractivity (Wildman–Crippen MR) is 94.7 cm³/mol. The number of nitrogens with zero attached hydrogens (tertiary/aromatic N) is 3. The molecule has 6 heteroatoms. The molecule has 124 valence electrons. The molecule has 1 aromatic heterocycles. The highest BCUT2D eigenvalue weighted by atomic mass is 32.1. The molecule has 1 aliphatic rings. The van der Waals surface area contributed by atoms with Crippen LogP contribution in [-0.4, -0.2) is 48.6 Å². The summed E-state index contributed by atoms with van der Waals surface area (Å²) >= 11 is 1.76. The molecule has 1 aliphatic heterocycles. The minimum Gasteiger partial charge on any atom is -0.354 e. The molecule has 22 heavy (non-hydrogen) atoms. The number of aliphatic imine (C=N–C) groups is 1. The Hall–Kier alpha value is -1.14. The second-order valence-corrected chi connectivity index (χ2v) is 7.22. The van der Waals surface area contributed by atoms with Crippen molar-refractivity contribution in [3.63, 3.8) is 0 Å². The van der Waals surface area contributed by atoms with Gasteiger partial charge >= 0.3 is 0 Å². The Labute approximate surface area is 138 Å². The predicted octanol–water partition coefficient (Wildman–Crippen LogP) is 2.30. The van der Waals surface area contributed by atoms with Crippen LogP contribution in [0, 0.1) is 13.8 Å². The van der Waals surface area contributed by atoms with Crippen LogP contribution in [0.1, 0.15) is 41.8 Å². The van der Waals surface area contributed by atoms with Crippen LogP contribution >= 0.6 is 11.3 Å². The Bertz CT molecular complexity index is 489. The number of rotatable bonds is 5. The van der Waals surface area contributed by atoms with Crippen LogP contribution in [0.5, 0.6) is 0 Å². The van der Waals surface area contributed by atoms with Crippen LogP contribution in [0.2, 0.25) is 0 Å². The van der Waals surface area contributed by atoms with Crippen molar-refractivity contribution in [2.45, 2.75) is 52.6 Å². The van der Waals surface area contributed by atoms with Gasteiger partial charge in [0.05, 0.1) is 17.2 Å². The van der Waals surface area contributed by atoms with E-state index < -0.39 is 0 Å². The lowest BCUT2D eigenvalue weighted by molar-refractivity contribution is 0.206. The number of piperidine rings is 1. The summed E-state index contributed by atoms with van der Waals surface area (Å²) in [5, 5.41) is 8.11. The van der Waals surface area contributed by atoms with E-state index in [1.54, 1.807) is 11.3 Å². The van der Waals surface area contributed by atoms with Crippen LogP contribution < -0.4 is 10.6 Å². The van der Waals surface area contributed by atoms with Gasteiger partial charge in [-0.1, -0.05) is 6.92 Å². The number of guanidine groups is 1. The lowest BCUT2D eigenvalue weighted by atomic mass is 10.1. The number of likely N-dealkylation sites (tertiary alicyclic amines) is 1. The number of aryl methyl sites for hydroxylation is 2. The minimum atomic E-state index is 0.531. The van der Waals surface area contributed by atoms with Gasteiger partial charge in [0.15, 0.2) is 5.96 Å². The maximum Gasteiger partial charge on any atom is 0.191 e. The van der Waals surface area contributed by atoms with E-state index in [2.05, 4.69) is 46.3 Å². The molecular formula is C16H29N5S. The van der Waals surface area contributed by atoms with E-state index in [0.29, 0.717) is 6.04 Å². The second-order valence-electron chi connectivity index (χ2n) is 5.93. The van der Waals surface area contributed by atoms with Crippen molar-refractivity contribution >= 4 is 17.3 Å². The molecular weight excluding hydrogens is 294 g/mol. The fourth-order valence-corrected chi connectivity index (χ4v) is 3.78. The average Bonchev–Trinajstić information content (AvgIpc) is 2.83. The SMILES string of the molecule is CCCN1CCC(NC(=NC)NCc2sc(C)nc2C)CC1. The molecule has 0 atom stereocenters. The summed E-state index contributed by atoms with van der Waals surface area (Å²) in [5.41, 5.74) is 1.12. The van der Waals surface area contributed by atoms with E-state index in [0.717, 1.165) is 23.2 Å². The molecule has 0 unspecified atom stereocenters. The lowest BCUT2D eigenvalue weighted by Gasteiger charge is -2.32. The zero-order valence-electron chi connectivity index (χ0n) is 14.3. The molecule has 2 N–H and O–H groups in total. The number of hydrogen-bond donors (Lipinski definition) is 2. The number of thiazole rings is 1. The fraction of sp³-hybridized carbons (Fsp3) is 0.750. The average molecular weight is 324 g/mol. The highest BCUT2D eigenvalue weighted by Crippen LogP contribution is 2.16. The second kappa shape index (κ2) is 8.48. The van der Waals surface area contributed by atoms with Crippen molar-refractivity contribution in [3.05, 3.63) is 15.6 Å². The molecule has 0 amide bonds. The first-order chi connectivity index (χ1) is 10.6. The van der Waals surface area contributed by atoms with Crippen molar-refractivity contribution in [2.75, 3.05) is 26.7 Å². The molecule has 0 bridgehead atoms. The molecule has 0 radical (unpaired) electrons. The molecule has 0 spiro atoms. The van der Waals surface area contributed by atoms with Gasteiger partial charge in [-0.05, 0) is 39.7 Å². The summed E-state index contributed by atoms with van der Waals surface area (Å²) < 4.78 is 0. The molecule has 5 nitrogen and oxygen atoms in total. The highest BCUT2D eigenvalue weighted by Gasteiger charge is 2.19. The monoisotopic (exact) mass is 323 g/mol. The van der Waals surface area contributed by atoms with Gasteiger partial charge in [0.2, 0.25) is 0 Å². The van der Waals surface area contributed by atoms with E-state index in [-0.39, 0.29) is 0 Å². The van der Waals surface area contributed by atoms with Crippen LogP contribution in [0.15, 0.2) is 4.99 Å². The molecule has 2 heterocycles. The number of nitrogens with one attached hydrogen (secondary N) is 2. The Morgan fingerprint density at radius 2 is 2.09 bits per heavy atom. The summed E-state index contributed by atoms with van der Waals surface area (Å²) in [7, 11) is 1.84. The molecule has 1 aromatic rings. The van der Waals surface area contributed by atoms with Gasteiger partial charge in [-0.2, -0.15) is 0 Å². The smallest absolute Gasteiger partial charge is 0.191 e. The van der Waals surface area contributed by atoms with Crippen LogP contribution in [0.4, 0.5) is 0 Å². The third-order valence-electron chi connectivity index (χ3n) is 4.11. The molecule has 0 aromatic carbocycles. The zero-order valence-corrected chi connectivity index (χ0v) is 15.1. The van der Waals surface area contributed by atoms with Crippen molar-refractivity contribution < 1.29 is 0 Å². The van der Waals surface area contributed by atoms with Crippen molar-refractivity contribution in [3.8, 4) is 0 Å². The van der Waals surface area contributed by atoms with E-state index >= 15 is 0 Å². The number of hydrogen-bond acceptors (Lipinski definition) is 4. The maximum absolute atomic E-state index is 4.47. The summed E-state index contributed by atoms with van der Waals surface area (Å²) in [6.07, 6.45) is 3.63. The first kappa shape index (κ1) is 17.2. The van der Waals surface area contributed by atoms with Crippen molar-refractivity contribution in [1.82, 2.24) is 20.5 Å². The Balaban J connectivity index is 1.77. The van der Waals surface area contributed by atoms with Gasteiger partial charge in [-0.25, -0.2) is 4.98 Å². The first-order valence-corrected chi connectivity index (χ1v) is 9.06. The lowest BCUT2D eigenvalue weighted by Crippen LogP contribution is -2.48. The fourth-order valence-electron chi connectivity index (χ4n) is 2.91. The van der Waals surface area contributed by atoms with Crippen LogP contribution in [0.25, 0.3) is 0 Å². The molecule has 0 aliphatic carbocycles. The van der Waals surface area contributed by atoms with Gasteiger partial charge in [-0.15, -0.1) is 11.3 Å². The minimum absolute atomic E-state index is 0.531. The van der Waals surface area contributed by atoms with Gasteiger partial charge in [0, 0.05) is 31.1 Å². The Morgan fingerprint density at radius 1 is 1.36 bits per heavy atom. The molecule has 0 saturated carbocycles. The maximum atomic E-state index is 4.47. The summed E-state index contributed by atoms with van der Waals surface area (Å²) in [5.74, 6) is 0.902. The van der Waals surface area contributed by atoms with E-state index in [4.69, 9.17) is 0 Å². The van der Waals surface area contributed by atoms with Gasteiger partial charge in [-0.3, -0.25) is 4.99 Å². The quantitative estimate of drug-likeness (QED) is 0.645. The van der Waals surface area contributed by atoms with Crippen molar-refractivity contribution in [1.29, 1.82) is 0 Å². The Morgan fingerprint density at radius 3 is 2.64 bits per heavy atom. The van der Waals surface area contributed by atoms with Gasteiger partial charge in [0.1, 0.15) is 0 Å². The molecule has 1 saturated heterocycles. The summed E-state index contributed by atoms with van der Waals surface area (Å²) in [4.78, 5) is 12.7. The standard InChI is InChI=1S/C16H29N5S/c1-5-8-21-9-6-14(7-10-21)20-16(17-4)18-11-15-12(2)19-13(3)22-15/h14H,5-11H2,1-4H3,(H2,17,18,20). The van der Waals surface area contributed by atoms with E-state index in [1.165, 1.54) is 43.8 Å². The third kappa shape index (κ3) is 4.95. The van der Waals surface area contributed by atoms with Gasteiger partial charge < -0.3 is 15.5 Å². The van der Waals surface area contributed by atoms with E-state index in [9.17, 15) is 0 Å². The highest BCUT2D eigenvalue weighted by molar-refractivity contribution is 7.11. The summed E-state index contributed by atoms with van der Waals surface area (Å²) in [6.45, 7) is 10.8. The van der Waals surface area contributed by atoms with Gasteiger partial charge in [0.25, 0.3) is 0 Å². The summed E-state index contributed by atoms with van der Waals surface area (Å²) in [6, 6.07) is 0.531.